The summed E-state index contributed by atoms with van der Waals surface area (Å²) in [6, 6.07) is 5.31. The van der Waals surface area contributed by atoms with E-state index in [0.29, 0.717) is 24.8 Å². The first-order chi connectivity index (χ1) is 16.6. The minimum absolute atomic E-state index is 0.0339. The van der Waals surface area contributed by atoms with Gasteiger partial charge in [-0.2, -0.15) is 0 Å². The van der Waals surface area contributed by atoms with Gasteiger partial charge < -0.3 is 30.6 Å². The number of aromatic hydroxyl groups is 4. The molecule has 0 saturated heterocycles. The summed E-state index contributed by atoms with van der Waals surface area (Å²) < 4.78 is 0. The van der Waals surface area contributed by atoms with Gasteiger partial charge in [-0.3, -0.25) is 9.59 Å². The lowest BCUT2D eigenvalue weighted by molar-refractivity contribution is -0.147. The van der Waals surface area contributed by atoms with E-state index in [0.717, 1.165) is 0 Å². The lowest BCUT2D eigenvalue weighted by Crippen LogP contribution is -2.23. The lowest BCUT2D eigenvalue weighted by Gasteiger charge is -2.19. The number of aliphatic carboxylic acids is 2. The smallest absolute Gasteiger partial charge is 0.310 e. The zero-order valence-electron chi connectivity index (χ0n) is 20.8. The molecule has 6 N–H and O–H groups in total. The van der Waals surface area contributed by atoms with E-state index in [1.807, 2.05) is 0 Å². The Bertz CT molecular complexity index is 1240. The summed E-state index contributed by atoms with van der Waals surface area (Å²) in [6.07, 6.45) is 4.14. The van der Waals surface area contributed by atoms with Crippen LogP contribution in [-0.4, -0.2) is 42.6 Å². The quantitative estimate of drug-likeness (QED) is 0.162. The molecule has 0 saturated carbocycles. The summed E-state index contributed by atoms with van der Waals surface area (Å²) in [6.45, 7) is 6.31. The fraction of sp³-hybridized carbons (Fsp3) is 0.357. The fourth-order valence-corrected chi connectivity index (χ4v) is 3.33. The van der Waals surface area contributed by atoms with Gasteiger partial charge in [0, 0.05) is 17.5 Å². The van der Waals surface area contributed by atoms with Gasteiger partial charge in [0.25, 0.3) is 0 Å². The molecule has 0 heterocycles. The Morgan fingerprint density at radius 2 is 1.33 bits per heavy atom. The molecule has 8 nitrogen and oxygen atoms in total. The van der Waals surface area contributed by atoms with Crippen LogP contribution >= 0.6 is 0 Å². The number of hydrogen-bond acceptors (Lipinski definition) is 6. The van der Waals surface area contributed by atoms with Crippen LogP contribution in [0.5, 0.6) is 23.0 Å². The Balaban J connectivity index is 2.30. The van der Waals surface area contributed by atoms with Crippen LogP contribution in [0.25, 0.3) is 12.2 Å². The van der Waals surface area contributed by atoms with E-state index in [4.69, 9.17) is 0 Å². The van der Waals surface area contributed by atoms with E-state index in [-0.39, 0.29) is 46.1 Å². The molecule has 0 aromatic heterocycles. The molecule has 0 aliphatic heterocycles. The van der Waals surface area contributed by atoms with Crippen LogP contribution in [0.3, 0.4) is 0 Å². The first-order valence-electron chi connectivity index (χ1n) is 11.4. The highest BCUT2D eigenvalue weighted by Gasteiger charge is 2.27. The molecule has 2 rings (SSSR count). The summed E-state index contributed by atoms with van der Waals surface area (Å²) >= 11 is 0. The van der Waals surface area contributed by atoms with Crippen LogP contribution in [0.4, 0.5) is 0 Å². The van der Waals surface area contributed by atoms with Crippen LogP contribution in [-0.2, 0) is 16.0 Å². The van der Waals surface area contributed by atoms with E-state index >= 15 is 0 Å². The van der Waals surface area contributed by atoms with Crippen molar-refractivity contribution in [2.45, 2.75) is 53.4 Å². The minimum Gasteiger partial charge on any atom is -0.508 e. The normalized spacial score (nSPS) is 11.8. The van der Waals surface area contributed by atoms with Crippen LogP contribution in [0.15, 0.2) is 24.3 Å². The Kier molecular flexibility index (Phi) is 8.66. The molecule has 192 valence electrons. The third-order valence-electron chi connectivity index (χ3n) is 5.93. The molecular weight excluding hydrogens is 464 g/mol. The molecule has 8 heteroatoms. The molecule has 0 amide bonds. The first kappa shape index (κ1) is 28.1. The maximum absolute atomic E-state index is 11.3. The third kappa shape index (κ3) is 7.19. The van der Waals surface area contributed by atoms with Gasteiger partial charge >= 0.3 is 11.9 Å². The van der Waals surface area contributed by atoms with Gasteiger partial charge in [0.2, 0.25) is 0 Å². The number of aryl methyl sites for hydroxylation is 1. The zero-order valence-corrected chi connectivity index (χ0v) is 20.8. The molecule has 0 aliphatic rings. The van der Waals surface area contributed by atoms with Crippen molar-refractivity contribution in [3.63, 3.8) is 0 Å². The van der Waals surface area contributed by atoms with Crippen molar-refractivity contribution < 1.29 is 40.2 Å². The van der Waals surface area contributed by atoms with Crippen molar-refractivity contribution >= 4 is 24.1 Å². The van der Waals surface area contributed by atoms with E-state index in [2.05, 4.69) is 11.8 Å². The van der Waals surface area contributed by atoms with Gasteiger partial charge in [-0.05, 0) is 76.8 Å². The highest BCUT2D eigenvalue weighted by Crippen LogP contribution is 2.34. The molecule has 0 spiro atoms. The van der Waals surface area contributed by atoms with Gasteiger partial charge in [0.1, 0.15) is 23.0 Å². The van der Waals surface area contributed by atoms with Crippen molar-refractivity contribution in [3.8, 4) is 34.8 Å². The number of phenolic OH excluding ortho intramolecular Hbond substituents is 4. The largest absolute Gasteiger partial charge is 0.508 e. The van der Waals surface area contributed by atoms with Crippen molar-refractivity contribution in [2.75, 3.05) is 0 Å². The second kappa shape index (κ2) is 11.1. The Labute approximate surface area is 210 Å². The molecule has 0 radical (unpaired) electrons. The number of carboxylic acid groups (broad SMARTS) is 2. The van der Waals surface area contributed by atoms with Gasteiger partial charge in [0.05, 0.1) is 16.4 Å². The average Bonchev–Trinajstić information content (AvgIpc) is 2.76. The Morgan fingerprint density at radius 1 is 0.806 bits per heavy atom. The minimum atomic E-state index is -1.07. The maximum Gasteiger partial charge on any atom is 0.310 e. The summed E-state index contributed by atoms with van der Waals surface area (Å²) in [5.74, 6) is 2.91. The van der Waals surface area contributed by atoms with Gasteiger partial charge in [-0.25, -0.2) is 0 Å². The highest BCUT2D eigenvalue weighted by atomic mass is 16.4. The molecule has 0 bridgehead atoms. The summed E-state index contributed by atoms with van der Waals surface area (Å²) in [4.78, 5) is 22.5. The predicted octanol–water partition coefficient (Wildman–Crippen LogP) is 4.97. The summed E-state index contributed by atoms with van der Waals surface area (Å²) in [5.41, 5.74) is -0.964. The first-order valence-corrected chi connectivity index (χ1v) is 11.4. The van der Waals surface area contributed by atoms with Crippen LogP contribution < -0.4 is 0 Å². The molecule has 0 fully saturated rings. The van der Waals surface area contributed by atoms with E-state index < -0.39 is 22.8 Å². The maximum atomic E-state index is 11.3. The third-order valence-corrected chi connectivity index (χ3v) is 5.93. The fourth-order valence-electron chi connectivity index (χ4n) is 3.33. The lowest BCUT2D eigenvalue weighted by atomic mass is 9.86. The molecular formula is C28H32O8. The van der Waals surface area contributed by atoms with Gasteiger partial charge in [-0.15, -0.1) is 0 Å². The summed E-state index contributed by atoms with van der Waals surface area (Å²) in [7, 11) is 0. The number of hydrogen-bond donors (Lipinski definition) is 6. The predicted molar refractivity (Wildman–Crippen MR) is 136 cm³/mol. The number of benzene rings is 2. The Morgan fingerprint density at radius 3 is 1.89 bits per heavy atom. The number of phenols is 4. The highest BCUT2D eigenvalue weighted by molar-refractivity contribution is 5.78. The SMILES string of the molecule is CC(C)(CC#Cc1cc(O)cc(C=Cc2cc(O)cc(CCCC(C)(C)C(=O)O)c2O)c1O)C(=O)O. The summed E-state index contributed by atoms with van der Waals surface area (Å²) in [5, 5.41) is 59.9. The molecule has 36 heavy (non-hydrogen) atoms. The topological polar surface area (TPSA) is 156 Å². The van der Waals surface area contributed by atoms with Crippen molar-refractivity contribution in [3.05, 3.63) is 46.5 Å². The van der Waals surface area contributed by atoms with E-state index in [9.17, 15) is 40.2 Å². The molecule has 0 aliphatic carbocycles. The molecule has 2 aromatic carbocycles. The number of rotatable bonds is 9. The zero-order chi connectivity index (χ0) is 27.3. The van der Waals surface area contributed by atoms with Crippen molar-refractivity contribution in [2.24, 2.45) is 10.8 Å². The van der Waals surface area contributed by atoms with Crippen molar-refractivity contribution in [1.29, 1.82) is 0 Å². The van der Waals surface area contributed by atoms with E-state index in [1.54, 1.807) is 13.8 Å². The van der Waals surface area contributed by atoms with Crippen LogP contribution in [0, 0.1) is 22.7 Å². The van der Waals surface area contributed by atoms with Gasteiger partial charge in [0.15, 0.2) is 0 Å². The van der Waals surface area contributed by atoms with E-state index in [1.165, 1.54) is 50.3 Å². The van der Waals surface area contributed by atoms with Crippen LogP contribution in [0.1, 0.15) is 69.2 Å². The molecule has 0 atom stereocenters. The number of carboxylic acids is 2. The van der Waals surface area contributed by atoms with Gasteiger partial charge in [-0.1, -0.05) is 24.0 Å². The molecule has 0 unspecified atom stereocenters. The second-order valence-corrected chi connectivity index (χ2v) is 10.0. The molecule has 2 aromatic rings. The van der Waals surface area contributed by atoms with Crippen LogP contribution in [0.2, 0.25) is 0 Å². The van der Waals surface area contributed by atoms with Crippen molar-refractivity contribution in [1.82, 2.24) is 0 Å². The standard InChI is InChI=1S/C28H32O8/c1-27(2,25(33)34)11-5-7-17-13-21(29)15-19(23(17)31)9-10-20-16-22(30)14-18(24(20)32)8-6-12-28(3,4)26(35)36/h9-10,13-16,29-32H,5,7,11-12H2,1-4H3,(H,33,34)(H,35,36). The Hall–Kier alpha value is -4.12. The second-order valence-electron chi connectivity index (χ2n) is 10.0. The average molecular weight is 497 g/mol. The monoisotopic (exact) mass is 496 g/mol. The number of carbonyl (C=O) groups is 2.